The van der Waals surface area contributed by atoms with E-state index in [1.165, 1.54) is 6.07 Å². The maximum absolute atomic E-state index is 14.0. The van der Waals surface area contributed by atoms with Crippen LogP contribution in [0.2, 0.25) is 0 Å². The molecule has 0 aliphatic heterocycles. The number of ether oxygens (including phenoxy) is 2. The van der Waals surface area contributed by atoms with E-state index in [-0.39, 0.29) is 24.1 Å². The Morgan fingerprint density at radius 1 is 1.30 bits per heavy atom. The van der Waals surface area contributed by atoms with Gasteiger partial charge in [-0.15, -0.1) is 0 Å². The van der Waals surface area contributed by atoms with Gasteiger partial charge < -0.3 is 14.8 Å². The smallest absolute Gasteiger partial charge is 0.131 e. The second-order valence-corrected chi connectivity index (χ2v) is 5.46. The molecule has 1 aromatic rings. The van der Waals surface area contributed by atoms with Crippen molar-refractivity contribution in [2.45, 2.75) is 50.9 Å². The lowest BCUT2D eigenvalue weighted by atomic mass is 9.95. The first-order chi connectivity index (χ1) is 9.63. The summed E-state index contributed by atoms with van der Waals surface area (Å²) in [5, 5.41) is 3.04. The van der Waals surface area contributed by atoms with Gasteiger partial charge in [0.15, 0.2) is 0 Å². The maximum atomic E-state index is 14.0. The van der Waals surface area contributed by atoms with Gasteiger partial charge in [0, 0.05) is 31.2 Å². The van der Waals surface area contributed by atoms with Crippen LogP contribution >= 0.6 is 0 Å². The first-order valence-electron chi connectivity index (χ1n) is 7.30. The van der Waals surface area contributed by atoms with Crippen molar-refractivity contribution in [2.24, 2.45) is 0 Å². The van der Waals surface area contributed by atoms with E-state index < -0.39 is 0 Å². The lowest BCUT2D eigenvalue weighted by Crippen LogP contribution is -2.29. The molecular weight excluding hydrogens is 257 g/mol. The average molecular weight is 281 g/mol. The Hall–Kier alpha value is -1.13. The largest absolute Gasteiger partial charge is 0.490 e. The summed E-state index contributed by atoms with van der Waals surface area (Å²) in [6.45, 7) is 1.93. The van der Waals surface area contributed by atoms with Gasteiger partial charge in [0.1, 0.15) is 17.7 Å². The number of rotatable bonds is 5. The molecule has 0 amide bonds. The Morgan fingerprint density at radius 2 is 2.05 bits per heavy atom. The average Bonchev–Trinajstić information content (AvgIpc) is 2.47. The third-order valence-corrected chi connectivity index (χ3v) is 4.09. The first-order valence-corrected chi connectivity index (χ1v) is 7.30. The van der Waals surface area contributed by atoms with Crippen LogP contribution < -0.4 is 10.1 Å². The third kappa shape index (κ3) is 3.70. The lowest BCUT2D eigenvalue weighted by Gasteiger charge is -2.28. The second-order valence-electron chi connectivity index (χ2n) is 5.46. The van der Waals surface area contributed by atoms with Crippen LogP contribution in [0.1, 0.15) is 44.2 Å². The topological polar surface area (TPSA) is 30.5 Å². The number of hydrogen-bond donors (Lipinski definition) is 1. The van der Waals surface area contributed by atoms with Crippen molar-refractivity contribution in [3.05, 3.63) is 29.6 Å². The molecule has 1 saturated carbocycles. The monoisotopic (exact) mass is 281 g/mol. The predicted octanol–water partition coefficient (Wildman–Crippen LogP) is 3.44. The molecule has 1 fully saturated rings. The summed E-state index contributed by atoms with van der Waals surface area (Å²) in [4.78, 5) is 0. The molecule has 0 aromatic heterocycles. The van der Waals surface area contributed by atoms with Crippen molar-refractivity contribution < 1.29 is 13.9 Å². The highest BCUT2D eigenvalue weighted by atomic mass is 19.1. The van der Waals surface area contributed by atoms with Crippen molar-refractivity contribution in [1.29, 1.82) is 0 Å². The van der Waals surface area contributed by atoms with E-state index in [1.54, 1.807) is 13.2 Å². The van der Waals surface area contributed by atoms with E-state index in [9.17, 15) is 4.39 Å². The first kappa shape index (κ1) is 15.3. The van der Waals surface area contributed by atoms with E-state index >= 15 is 0 Å². The van der Waals surface area contributed by atoms with Crippen molar-refractivity contribution >= 4 is 0 Å². The molecule has 4 heteroatoms. The zero-order chi connectivity index (χ0) is 14.5. The van der Waals surface area contributed by atoms with Crippen LogP contribution in [0.5, 0.6) is 5.75 Å². The molecule has 0 saturated heterocycles. The molecule has 112 valence electrons. The van der Waals surface area contributed by atoms with E-state index in [2.05, 4.69) is 5.32 Å². The number of hydrogen-bond acceptors (Lipinski definition) is 3. The van der Waals surface area contributed by atoms with Gasteiger partial charge in [-0.25, -0.2) is 4.39 Å². The minimum Gasteiger partial charge on any atom is -0.490 e. The summed E-state index contributed by atoms with van der Waals surface area (Å²) in [6, 6.07) is 5.13. The van der Waals surface area contributed by atoms with Crippen LogP contribution in [0, 0.1) is 5.82 Å². The van der Waals surface area contributed by atoms with Crippen molar-refractivity contribution in [3.63, 3.8) is 0 Å². The van der Waals surface area contributed by atoms with E-state index in [1.807, 2.05) is 20.0 Å². The third-order valence-electron chi connectivity index (χ3n) is 4.09. The van der Waals surface area contributed by atoms with Gasteiger partial charge in [0.25, 0.3) is 0 Å². The van der Waals surface area contributed by atoms with Gasteiger partial charge in [-0.05, 0) is 39.3 Å². The van der Waals surface area contributed by atoms with E-state index in [0.717, 1.165) is 25.7 Å². The SMILES string of the molecule is CNC(C)c1ccc(OC2CCCC(OC)C2)cc1F. The molecule has 1 aromatic carbocycles. The summed E-state index contributed by atoms with van der Waals surface area (Å²) in [5.41, 5.74) is 0.665. The predicted molar refractivity (Wildman–Crippen MR) is 77.6 cm³/mol. The highest BCUT2D eigenvalue weighted by Crippen LogP contribution is 2.27. The van der Waals surface area contributed by atoms with Crippen molar-refractivity contribution in [1.82, 2.24) is 5.32 Å². The van der Waals surface area contributed by atoms with Crippen LogP contribution in [-0.4, -0.2) is 26.4 Å². The molecule has 3 atom stereocenters. The zero-order valence-corrected chi connectivity index (χ0v) is 12.5. The molecule has 20 heavy (non-hydrogen) atoms. The minimum atomic E-state index is -0.219. The number of nitrogens with one attached hydrogen (secondary N) is 1. The number of methoxy groups -OCH3 is 1. The molecule has 3 unspecified atom stereocenters. The lowest BCUT2D eigenvalue weighted by molar-refractivity contribution is 0.0209. The van der Waals surface area contributed by atoms with Gasteiger partial charge in [0.05, 0.1) is 6.10 Å². The van der Waals surface area contributed by atoms with Crippen LogP contribution in [0.25, 0.3) is 0 Å². The standard InChI is InChI=1S/C16H24FNO2/c1-11(18-2)15-8-7-14(10-16(15)17)20-13-6-4-5-12(9-13)19-3/h7-8,10-13,18H,4-6,9H2,1-3H3. The fourth-order valence-electron chi connectivity index (χ4n) is 2.70. The molecule has 1 N–H and O–H groups in total. The number of benzene rings is 1. The molecule has 0 spiro atoms. The molecule has 1 aliphatic rings. The minimum absolute atomic E-state index is 0.00315. The summed E-state index contributed by atoms with van der Waals surface area (Å²) in [5.74, 6) is 0.389. The van der Waals surface area contributed by atoms with E-state index in [4.69, 9.17) is 9.47 Å². The Kier molecular flexibility index (Phi) is 5.38. The molecule has 3 nitrogen and oxygen atoms in total. The quantitative estimate of drug-likeness (QED) is 0.896. The molecular formula is C16H24FNO2. The normalized spacial score (nSPS) is 24.4. The number of halogens is 1. The second kappa shape index (κ2) is 7.04. The highest BCUT2D eigenvalue weighted by molar-refractivity contribution is 5.30. The van der Waals surface area contributed by atoms with Crippen LogP contribution in [0.4, 0.5) is 4.39 Å². The summed E-state index contributed by atoms with van der Waals surface area (Å²) < 4.78 is 25.3. The maximum Gasteiger partial charge on any atom is 0.131 e. The van der Waals surface area contributed by atoms with Gasteiger partial charge in [-0.2, -0.15) is 0 Å². The molecule has 0 heterocycles. The Labute approximate surface area is 120 Å². The Balaban J connectivity index is 2.01. The Morgan fingerprint density at radius 3 is 2.70 bits per heavy atom. The van der Waals surface area contributed by atoms with Gasteiger partial charge in [-0.3, -0.25) is 0 Å². The van der Waals surface area contributed by atoms with Gasteiger partial charge in [0.2, 0.25) is 0 Å². The fraction of sp³-hybridized carbons (Fsp3) is 0.625. The van der Waals surface area contributed by atoms with Crippen LogP contribution in [-0.2, 0) is 4.74 Å². The fourth-order valence-corrected chi connectivity index (χ4v) is 2.70. The van der Waals surface area contributed by atoms with Gasteiger partial charge >= 0.3 is 0 Å². The van der Waals surface area contributed by atoms with E-state index in [0.29, 0.717) is 11.3 Å². The molecule has 2 rings (SSSR count). The summed E-state index contributed by atoms with van der Waals surface area (Å²) in [7, 11) is 3.56. The molecule has 0 radical (unpaired) electrons. The van der Waals surface area contributed by atoms with Gasteiger partial charge in [-0.1, -0.05) is 6.07 Å². The molecule has 1 aliphatic carbocycles. The zero-order valence-electron chi connectivity index (χ0n) is 12.5. The van der Waals surface area contributed by atoms with Crippen LogP contribution in [0.3, 0.4) is 0 Å². The summed E-state index contributed by atoms with van der Waals surface area (Å²) >= 11 is 0. The Bertz CT molecular complexity index is 438. The summed E-state index contributed by atoms with van der Waals surface area (Å²) in [6.07, 6.45) is 4.47. The highest BCUT2D eigenvalue weighted by Gasteiger charge is 2.23. The van der Waals surface area contributed by atoms with Crippen molar-refractivity contribution in [2.75, 3.05) is 14.2 Å². The van der Waals surface area contributed by atoms with Crippen LogP contribution in [0.15, 0.2) is 18.2 Å². The molecule has 0 bridgehead atoms. The van der Waals surface area contributed by atoms with Crippen molar-refractivity contribution in [3.8, 4) is 5.75 Å².